The van der Waals surface area contributed by atoms with Crippen LogP contribution in [0.1, 0.15) is 24.5 Å². The Bertz CT molecular complexity index is 720. The standard InChI is InChI=1S/C17H23N3O4S/c1-25-6-5-13(16(22)23)18-17(24)19-8-11-7-12(10-19)14-3-2-4-15(21)20(14)9-11/h2-4,11-13H,5-10H2,1H3,(H,18,24)(H,22,23)/t11?,12-,13-/m0/s1. The number of aromatic nitrogens is 1. The molecule has 0 radical (unpaired) electrons. The zero-order chi connectivity index (χ0) is 18.0. The maximum atomic E-state index is 12.6. The number of carboxylic acid groups (broad SMARTS) is 1. The summed E-state index contributed by atoms with van der Waals surface area (Å²) in [6, 6.07) is 4.09. The van der Waals surface area contributed by atoms with Crippen molar-refractivity contribution in [1.29, 1.82) is 0 Å². The number of fused-ring (bicyclic) bond motifs is 4. The fourth-order valence-electron chi connectivity index (χ4n) is 3.80. The first kappa shape index (κ1) is 17.8. The van der Waals surface area contributed by atoms with Gasteiger partial charge >= 0.3 is 12.0 Å². The summed E-state index contributed by atoms with van der Waals surface area (Å²) in [6.45, 7) is 1.68. The molecule has 3 rings (SSSR count). The second kappa shape index (κ2) is 7.51. The predicted octanol–water partition coefficient (Wildman–Crippen LogP) is 1.18. The summed E-state index contributed by atoms with van der Waals surface area (Å²) in [6.07, 6.45) is 3.27. The minimum atomic E-state index is -1.00. The number of aliphatic carboxylic acids is 1. The highest BCUT2D eigenvalue weighted by atomic mass is 32.2. The van der Waals surface area contributed by atoms with Gasteiger partial charge < -0.3 is 19.9 Å². The Hall–Kier alpha value is -1.96. The quantitative estimate of drug-likeness (QED) is 0.818. The zero-order valence-corrected chi connectivity index (χ0v) is 15.0. The first-order chi connectivity index (χ1) is 12.0. The molecule has 3 atom stereocenters. The molecule has 0 spiro atoms. The van der Waals surface area contributed by atoms with Crippen LogP contribution >= 0.6 is 11.8 Å². The normalized spacial score (nSPS) is 22.8. The topological polar surface area (TPSA) is 91.6 Å². The van der Waals surface area contributed by atoms with Gasteiger partial charge in [-0.15, -0.1) is 0 Å². The number of carbonyl (C=O) groups is 2. The van der Waals surface area contributed by atoms with E-state index in [4.69, 9.17) is 0 Å². The van der Waals surface area contributed by atoms with Crippen molar-refractivity contribution >= 4 is 23.8 Å². The van der Waals surface area contributed by atoms with Gasteiger partial charge in [0.2, 0.25) is 0 Å². The molecule has 25 heavy (non-hydrogen) atoms. The second-order valence-corrected chi connectivity index (χ2v) is 7.71. The Balaban J connectivity index is 1.70. The fourth-order valence-corrected chi connectivity index (χ4v) is 4.27. The molecule has 2 aliphatic rings. The van der Waals surface area contributed by atoms with Crippen LogP contribution in [0.2, 0.25) is 0 Å². The van der Waals surface area contributed by atoms with Gasteiger partial charge in [-0.2, -0.15) is 11.8 Å². The monoisotopic (exact) mass is 365 g/mol. The molecular weight excluding hydrogens is 342 g/mol. The van der Waals surface area contributed by atoms with Crippen molar-refractivity contribution in [2.24, 2.45) is 5.92 Å². The number of amides is 2. The van der Waals surface area contributed by atoms with E-state index < -0.39 is 12.0 Å². The minimum Gasteiger partial charge on any atom is -0.480 e. The van der Waals surface area contributed by atoms with E-state index in [1.807, 2.05) is 16.9 Å². The predicted molar refractivity (Wildman–Crippen MR) is 96.1 cm³/mol. The van der Waals surface area contributed by atoms with Gasteiger partial charge in [0.1, 0.15) is 6.04 Å². The summed E-state index contributed by atoms with van der Waals surface area (Å²) in [5, 5.41) is 11.9. The number of nitrogens with one attached hydrogen (secondary N) is 1. The molecule has 2 amide bonds. The molecule has 1 aromatic heterocycles. The van der Waals surface area contributed by atoms with Gasteiger partial charge in [0.15, 0.2) is 0 Å². The summed E-state index contributed by atoms with van der Waals surface area (Å²) in [7, 11) is 0. The van der Waals surface area contributed by atoms with Crippen LogP contribution in [0.5, 0.6) is 0 Å². The lowest BCUT2D eigenvalue weighted by Crippen LogP contribution is -2.54. The average molecular weight is 365 g/mol. The number of rotatable bonds is 5. The molecule has 0 aliphatic carbocycles. The zero-order valence-electron chi connectivity index (χ0n) is 14.2. The molecule has 8 heteroatoms. The van der Waals surface area contributed by atoms with Crippen LogP contribution in [0.25, 0.3) is 0 Å². The van der Waals surface area contributed by atoms with Gasteiger partial charge in [-0.1, -0.05) is 6.07 Å². The highest BCUT2D eigenvalue weighted by molar-refractivity contribution is 7.98. The number of nitrogens with zero attached hydrogens (tertiary/aromatic N) is 2. The van der Waals surface area contributed by atoms with Crippen LogP contribution in [-0.2, 0) is 11.3 Å². The third-order valence-electron chi connectivity index (χ3n) is 4.97. The lowest BCUT2D eigenvalue weighted by Gasteiger charge is -2.42. The van der Waals surface area contributed by atoms with Gasteiger partial charge in [-0.25, -0.2) is 9.59 Å². The number of pyridine rings is 1. The highest BCUT2D eigenvalue weighted by Gasteiger charge is 2.37. The molecule has 136 valence electrons. The number of urea groups is 1. The van der Waals surface area contributed by atoms with E-state index in [1.54, 1.807) is 28.8 Å². The number of hydrogen-bond donors (Lipinski definition) is 2. The molecule has 2 bridgehead atoms. The molecule has 1 saturated heterocycles. The summed E-state index contributed by atoms with van der Waals surface area (Å²) < 4.78 is 1.81. The van der Waals surface area contributed by atoms with E-state index >= 15 is 0 Å². The average Bonchev–Trinajstić information content (AvgIpc) is 2.59. The summed E-state index contributed by atoms with van der Waals surface area (Å²) in [5.41, 5.74) is 0.978. The fraction of sp³-hybridized carbons (Fsp3) is 0.588. The Morgan fingerprint density at radius 1 is 1.36 bits per heavy atom. The number of likely N-dealkylation sites (tertiary alicyclic amines) is 1. The Labute approximate surface area is 150 Å². The number of carbonyl (C=O) groups excluding carboxylic acids is 1. The van der Waals surface area contributed by atoms with Crippen LogP contribution in [0, 0.1) is 5.92 Å². The minimum absolute atomic E-state index is 0.00751. The van der Waals surface area contributed by atoms with Gasteiger partial charge in [0.25, 0.3) is 5.56 Å². The van der Waals surface area contributed by atoms with Gasteiger partial charge in [0.05, 0.1) is 0 Å². The number of carboxylic acids is 1. The van der Waals surface area contributed by atoms with Crippen molar-refractivity contribution in [3.05, 3.63) is 34.2 Å². The molecule has 1 fully saturated rings. The van der Waals surface area contributed by atoms with E-state index in [-0.39, 0.29) is 23.4 Å². The third kappa shape index (κ3) is 3.84. The molecule has 0 saturated carbocycles. The van der Waals surface area contributed by atoms with Crippen molar-refractivity contribution in [1.82, 2.24) is 14.8 Å². The van der Waals surface area contributed by atoms with Crippen molar-refractivity contribution < 1.29 is 14.7 Å². The van der Waals surface area contributed by atoms with Crippen molar-refractivity contribution in [2.75, 3.05) is 25.1 Å². The van der Waals surface area contributed by atoms with Crippen molar-refractivity contribution in [2.45, 2.75) is 31.3 Å². The summed E-state index contributed by atoms with van der Waals surface area (Å²) in [5.74, 6) is 0.0309. The Morgan fingerprint density at radius 2 is 2.16 bits per heavy atom. The van der Waals surface area contributed by atoms with Crippen LogP contribution in [0.15, 0.2) is 23.0 Å². The largest absolute Gasteiger partial charge is 0.480 e. The molecule has 0 aromatic carbocycles. The van der Waals surface area contributed by atoms with Gasteiger partial charge in [0, 0.05) is 37.3 Å². The van der Waals surface area contributed by atoms with E-state index in [1.165, 1.54) is 0 Å². The van der Waals surface area contributed by atoms with Crippen molar-refractivity contribution in [3.8, 4) is 0 Å². The molecule has 7 nitrogen and oxygen atoms in total. The lowest BCUT2D eigenvalue weighted by atomic mass is 9.83. The number of hydrogen-bond acceptors (Lipinski definition) is 4. The van der Waals surface area contributed by atoms with Crippen LogP contribution in [-0.4, -0.2) is 57.7 Å². The molecule has 1 aromatic rings. The molecule has 1 unspecified atom stereocenters. The lowest BCUT2D eigenvalue weighted by molar-refractivity contribution is -0.139. The SMILES string of the molecule is CSCC[C@H](NC(=O)N1CC2C[C@@H](C1)c1cccc(=O)n1C2)C(=O)O. The molecular formula is C17H23N3O4S. The third-order valence-corrected chi connectivity index (χ3v) is 5.62. The van der Waals surface area contributed by atoms with Gasteiger partial charge in [-0.05, 0) is 36.8 Å². The maximum absolute atomic E-state index is 12.6. The van der Waals surface area contributed by atoms with Gasteiger partial charge in [-0.3, -0.25) is 4.79 Å². The van der Waals surface area contributed by atoms with E-state index in [9.17, 15) is 19.5 Å². The molecule has 2 N–H and O–H groups in total. The van der Waals surface area contributed by atoms with E-state index in [0.29, 0.717) is 31.8 Å². The Kier molecular flexibility index (Phi) is 5.36. The van der Waals surface area contributed by atoms with Crippen LogP contribution < -0.4 is 10.9 Å². The first-order valence-electron chi connectivity index (χ1n) is 8.46. The molecule has 2 aliphatic heterocycles. The second-order valence-electron chi connectivity index (χ2n) is 6.72. The van der Waals surface area contributed by atoms with E-state index in [0.717, 1.165) is 12.1 Å². The van der Waals surface area contributed by atoms with E-state index in [2.05, 4.69) is 5.32 Å². The first-order valence-corrected chi connectivity index (χ1v) is 9.86. The molecule has 3 heterocycles. The summed E-state index contributed by atoms with van der Waals surface area (Å²) >= 11 is 1.56. The number of piperidine rings is 1. The van der Waals surface area contributed by atoms with Crippen LogP contribution in [0.3, 0.4) is 0 Å². The highest BCUT2D eigenvalue weighted by Crippen LogP contribution is 2.34. The maximum Gasteiger partial charge on any atom is 0.326 e. The smallest absolute Gasteiger partial charge is 0.326 e. The van der Waals surface area contributed by atoms with Crippen LogP contribution in [0.4, 0.5) is 4.79 Å². The van der Waals surface area contributed by atoms with Crippen molar-refractivity contribution in [3.63, 3.8) is 0 Å². The number of thioether (sulfide) groups is 1. The summed E-state index contributed by atoms with van der Waals surface area (Å²) in [4.78, 5) is 37.6. The Morgan fingerprint density at radius 3 is 2.88 bits per heavy atom.